The highest BCUT2D eigenvalue weighted by Gasteiger charge is 2.35. The third-order valence-corrected chi connectivity index (χ3v) is 6.13. The maximum Gasteiger partial charge on any atom is 0.270 e. The molecule has 1 atom stereocenters. The number of carbonyl (C=O) groups excluding carboxylic acids is 2. The van der Waals surface area contributed by atoms with Crippen LogP contribution in [-0.4, -0.2) is 45.7 Å². The fourth-order valence-corrected chi connectivity index (χ4v) is 4.48. The van der Waals surface area contributed by atoms with E-state index in [1.54, 1.807) is 17.0 Å². The highest BCUT2D eigenvalue weighted by atomic mass is 19.1. The Hall–Kier alpha value is -3.93. The lowest BCUT2D eigenvalue weighted by Gasteiger charge is -2.41. The van der Waals surface area contributed by atoms with Gasteiger partial charge in [-0.1, -0.05) is 60.7 Å². The molecule has 0 spiro atoms. The molecule has 3 aromatic carbocycles. The number of hydrogen-bond acceptors (Lipinski definition) is 2. The summed E-state index contributed by atoms with van der Waals surface area (Å²) >= 11 is 0. The van der Waals surface area contributed by atoms with Crippen LogP contribution in [0, 0.1) is 5.82 Å². The van der Waals surface area contributed by atoms with Crippen molar-refractivity contribution in [3.63, 3.8) is 0 Å². The van der Waals surface area contributed by atoms with E-state index in [1.165, 1.54) is 12.1 Å². The van der Waals surface area contributed by atoms with E-state index < -0.39 is 0 Å². The number of H-pyrrole nitrogens is 1. The highest BCUT2D eigenvalue weighted by Crippen LogP contribution is 2.22. The summed E-state index contributed by atoms with van der Waals surface area (Å²) in [5, 5.41) is 0.633. The summed E-state index contributed by atoms with van der Waals surface area (Å²) < 4.78 is 13.6. The fourth-order valence-electron chi connectivity index (χ4n) is 4.48. The van der Waals surface area contributed by atoms with E-state index in [1.807, 2.05) is 65.6 Å². The SMILES string of the molecule is O=C(c1cc2cc(F)ccc2[nH]1)N1CC(=O)N(Cc2ccccc2)[C@@H](Cc2ccccc2)C1. The summed E-state index contributed by atoms with van der Waals surface area (Å²) in [4.78, 5) is 33.1. The largest absolute Gasteiger partial charge is 0.351 e. The quantitative estimate of drug-likeness (QED) is 0.499. The van der Waals surface area contributed by atoms with Crippen LogP contribution >= 0.6 is 0 Å². The molecule has 1 N–H and O–H groups in total. The smallest absolute Gasteiger partial charge is 0.270 e. The summed E-state index contributed by atoms with van der Waals surface area (Å²) in [6.45, 7) is 0.946. The van der Waals surface area contributed by atoms with Crippen molar-refractivity contribution < 1.29 is 14.0 Å². The van der Waals surface area contributed by atoms with E-state index in [9.17, 15) is 14.0 Å². The van der Waals surface area contributed by atoms with Gasteiger partial charge in [-0.15, -0.1) is 0 Å². The number of rotatable bonds is 5. The minimum Gasteiger partial charge on any atom is -0.351 e. The summed E-state index contributed by atoms with van der Waals surface area (Å²) in [6, 6.07) is 25.8. The van der Waals surface area contributed by atoms with Gasteiger partial charge in [0.05, 0.1) is 6.04 Å². The zero-order valence-corrected chi connectivity index (χ0v) is 18.1. The minimum absolute atomic E-state index is 0.0146. The van der Waals surface area contributed by atoms with Crippen LogP contribution in [0.3, 0.4) is 0 Å². The number of fused-ring (bicyclic) bond motifs is 1. The molecular formula is C27H24FN3O2. The number of carbonyl (C=O) groups is 2. The molecule has 0 unspecified atom stereocenters. The van der Waals surface area contributed by atoms with E-state index in [-0.39, 0.29) is 30.2 Å². The van der Waals surface area contributed by atoms with Crippen LogP contribution in [0.2, 0.25) is 0 Å². The lowest BCUT2D eigenvalue weighted by Crippen LogP contribution is -2.58. The monoisotopic (exact) mass is 441 g/mol. The van der Waals surface area contributed by atoms with Gasteiger partial charge >= 0.3 is 0 Å². The van der Waals surface area contributed by atoms with Gasteiger partial charge < -0.3 is 14.8 Å². The minimum atomic E-state index is -0.354. The van der Waals surface area contributed by atoms with Crippen LogP contribution in [0.25, 0.3) is 10.9 Å². The normalized spacial score (nSPS) is 16.4. The molecule has 1 aromatic heterocycles. The van der Waals surface area contributed by atoms with Gasteiger partial charge in [0.2, 0.25) is 5.91 Å². The Kier molecular flexibility index (Phi) is 5.65. The second-order valence-corrected chi connectivity index (χ2v) is 8.45. The molecule has 5 rings (SSSR count). The van der Waals surface area contributed by atoms with E-state index in [2.05, 4.69) is 4.98 Å². The first kappa shape index (κ1) is 20.9. The number of aromatic amines is 1. The molecule has 1 aliphatic heterocycles. The van der Waals surface area contributed by atoms with Crippen molar-refractivity contribution in [1.82, 2.24) is 14.8 Å². The molecule has 0 aliphatic carbocycles. The van der Waals surface area contributed by atoms with Gasteiger partial charge in [0, 0.05) is 24.0 Å². The number of halogens is 1. The number of nitrogens with zero attached hydrogens (tertiary/aromatic N) is 2. The Morgan fingerprint density at radius 2 is 1.64 bits per heavy atom. The molecule has 33 heavy (non-hydrogen) atoms. The van der Waals surface area contributed by atoms with Crippen molar-refractivity contribution >= 4 is 22.7 Å². The third kappa shape index (κ3) is 4.51. The molecule has 1 saturated heterocycles. The summed E-state index contributed by atoms with van der Waals surface area (Å²) in [6.07, 6.45) is 0.654. The number of piperazine rings is 1. The molecule has 1 fully saturated rings. The summed E-state index contributed by atoms with van der Waals surface area (Å²) in [5.74, 6) is -0.688. The molecule has 2 amide bonds. The van der Waals surface area contributed by atoms with Crippen molar-refractivity contribution in [2.45, 2.75) is 19.0 Å². The van der Waals surface area contributed by atoms with Crippen molar-refractivity contribution in [2.75, 3.05) is 13.1 Å². The predicted octanol–water partition coefficient (Wildman–Crippen LogP) is 4.40. The van der Waals surface area contributed by atoms with Gasteiger partial charge in [0.15, 0.2) is 0 Å². The number of benzene rings is 3. The number of aromatic nitrogens is 1. The Morgan fingerprint density at radius 3 is 2.36 bits per heavy atom. The second-order valence-electron chi connectivity index (χ2n) is 8.45. The van der Waals surface area contributed by atoms with Crippen LogP contribution in [0.4, 0.5) is 4.39 Å². The van der Waals surface area contributed by atoms with Gasteiger partial charge in [-0.25, -0.2) is 4.39 Å². The Bertz CT molecular complexity index is 1290. The van der Waals surface area contributed by atoms with E-state index >= 15 is 0 Å². The van der Waals surface area contributed by atoms with Gasteiger partial charge in [0.25, 0.3) is 5.91 Å². The molecule has 6 heteroatoms. The number of amides is 2. The standard InChI is InChI=1S/C27H24FN3O2/c28-22-11-12-24-21(14-22)15-25(29-24)27(33)30-17-23(13-19-7-3-1-4-8-19)31(26(32)18-30)16-20-9-5-2-6-10-20/h1-12,14-15,23,29H,13,16-18H2/t23-/m0/s1. The van der Waals surface area contributed by atoms with Crippen molar-refractivity contribution in [1.29, 1.82) is 0 Å². The molecular weight excluding hydrogens is 417 g/mol. The van der Waals surface area contributed by atoms with Gasteiger partial charge in [-0.05, 0) is 41.8 Å². The Morgan fingerprint density at radius 1 is 0.939 bits per heavy atom. The van der Waals surface area contributed by atoms with Crippen LogP contribution in [0.15, 0.2) is 84.9 Å². The van der Waals surface area contributed by atoms with Gasteiger partial charge in [-0.3, -0.25) is 9.59 Å². The lowest BCUT2D eigenvalue weighted by molar-refractivity contribution is -0.139. The Labute approximate surface area is 191 Å². The third-order valence-electron chi connectivity index (χ3n) is 6.13. The topological polar surface area (TPSA) is 56.4 Å². The molecule has 4 aromatic rings. The first-order chi connectivity index (χ1) is 16.1. The molecule has 0 bridgehead atoms. The fraction of sp³-hybridized carbons (Fsp3) is 0.185. The van der Waals surface area contributed by atoms with Gasteiger partial charge in [-0.2, -0.15) is 0 Å². The maximum absolute atomic E-state index is 13.6. The number of hydrogen-bond donors (Lipinski definition) is 1. The van der Waals surface area contributed by atoms with Crippen LogP contribution in [-0.2, 0) is 17.8 Å². The van der Waals surface area contributed by atoms with E-state index in [4.69, 9.17) is 0 Å². The molecule has 1 aliphatic rings. The predicted molar refractivity (Wildman–Crippen MR) is 125 cm³/mol. The lowest BCUT2D eigenvalue weighted by atomic mass is 10.0. The van der Waals surface area contributed by atoms with E-state index in [0.29, 0.717) is 36.1 Å². The molecule has 2 heterocycles. The van der Waals surface area contributed by atoms with Crippen LogP contribution in [0.1, 0.15) is 21.6 Å². The maximum atomic E-state index is 13.6. The molecule has 0 radical (unpaired) electrons. The van der Waals surface area contributed by atoms with E-state index in [0.717, 1.165) is 11.1 Å². The first-order valence-corrected chi connectivity index (χ1v) is 11.0. The summed E-state index contributed by atoms with van der Waals surface area (Å²) in [7, 11) is 0. The molecule has 5 nitrogen and oxygen atoms in total. The molecule has 0 saturated carbocycles. The average Bonchev–Trinajstić information content (AvgIpc) is 3.25. The van der Waals surface area contributed by atoms with Gasteiger partial charge in [0.1, 0.15) is 18.1 Å². The second kappa shape index (κ2) is 8.90. The van der Waals surface area contributed by atoms with Crippen LogP contribution in [0.5, 0.6) is 0 Å². The zero-order chi connectivity index (χ0) is 22.8. The summed E-state index contributed by atoms with van der Waals surface area (Å²) in [5.41, 5.74) is 3.22. The average molecular weight is 442 g/mol. The Balaban J connectivity index is 1.41. The molecule has 166 valence electrons. The van der Waals surface area contributed by atoms with Crippen molar-refractivity contribution in [2.24, 2.45) is 0 Å². The van der Waals surface area contributed by atoms with Crippen molar-refractivity contribution in [3.05, 3.63) is 108 Å². The first-order valence-electron chi connectivity index (χ1n) is 11.0. The van der Waals surface area contributed by atoms with Crippen molar-refractivity contribution in [3.8, 4) is 0 Å². The number of nitrogens with one attached hydrogen (secondary N) is 1. The highest BCUT2D eigenvalue weighted by molar-refractivity contribution is 6.00. The van der Waals surface area contributed by atoms with Crippen LogP contribution < -0.4 is 0 Å². The zero-order valence-electron chi connectivity index (χ0n) is 18.1.